The van der Waals surface area contributed by atoms with Crippen molar-refractivity contribution >= 4 is 11.5 Å². The maximum atomic E-state index is 9.69. The molecule has 126 valence electrons. The molecule has 0 radical (unpaired) electrons. The van der Waals surface area contributed by atoms with Gasteiger partial charge in [0.15, 0.2) is 0 Å². The summed E-state index contributed by atoms with van der Waals surface area (Å²) in [6.45, 7) is 2.43. The van der Waals surface area contributed by atoms with E-state index in [-0.39, 0.29) is 0 Å². The summed E-state index contributed by atoms with van der Waals surface area (Å²) >= 11 is 0. The lowest BCUT2D eigenvalue weighted by molar-refractivity contribution is 0.412. The second-order valence-electron chi connectivity index (χ2n) is 6.25. The van der Waals surface area contributed by atoms with E-state index in [1.54, 1.807) is 6.20 Å². The lowest BCUT2D eigenvalue weighted by Gasteiger charge is -2.27. The zero-order chi connectivity index (χ0) is 17.5. The summed E-state index contributed by atoms with van der Waals surface area (Å²) in [6.07, 6.45) is 1.78. The molecule has 1 aromatic heterocycles. The van der Waals surface area contributed by atoms with Gasteiger partial charge in [0, 0.05) is 39.9 Å². The first-order valence-corrected chi connectivity index (χ1v) is 8.03. The molecule has 0 fully saturated rings. The Morgan fingerprint density at radius 1 is 1.00 bits per heavy atom. The fourth-order valence-electron chi connectivity index (χ4n) is 2.54. The topological polar surface area (TPSA) is 46.4 Å². The molecule has 0 spiro atoms. The standard InChI is InChI=1S/C19H25N5/c1-22(2)12-13-24(15-16-8-6-5-7-9-16)19-17(14-20)18(23(3)4)10-11-21-19/h5-11H,12-13,15H2,1-4H3. The molecule has 0 bridgehead atoms. The lowest BCUT2D eigenvalue weighted by Crippen LogP contribution is -2.32. The zero-order valence-electron chi connectivity index (χ0n) is 14.9. The second-order valence-corrected chi connectivity index (χ2v) is 6.25. The molecule has 1 heterocycles. The maximum Gasteiger partial charge on any atom is 0.148 e. The largest absolute Gasteiger partial charge is 0.376 e. The van der Waals surface area contributed by atoms with Gasteiger partial charge in [0.1, 0.15) is 17.5 Å². The van der Waals surface area contributed by atoms with Gasteiger partial charge in [0.2, 0.25) is 0 Å². The van der Waals surface area contributed by atoms with Gasteiger partial charge in [-0.3, -0.25) is 0 Å². The van der Waals surface area contributed by atoms with Crippen LogP contribution in [-0.2, 0) is 6.54 Å². The molecule has 0 atom stereocenters. The lowest BCUT2D eigenvalue weighted by atomic mass is 10.1. The highest BCUT2D eigenvalue weighted by molar-refractivity contribution is 5.69. The van der Waals surface area contributed by atoms with E-state index >= 15 is 0 Å². The highest BCUT2D eigenvalue weighted by atomic mass is 15.2. The molecular weight excluding hydrogens is 298 g/mol. The molecule has 2 rings (SSSR count). The van der Waals surface area contributed by atoms with Gasteiger partial charge in [0.25, 0.3) is 0 Å². The highest BCUT2D eigenvalue weighted by Gasteiger charge is 2.17. The van der Waals surface area contributed by atoms with E-state index < -0.39 is 0 Å². The predicted octanol–water partition coefficient (Wildman–Crippen LogP) is 2.59. The van der Waals surface area contributed by atoms with Crippen molar-refractivity contribution in [3.8, 4) is 6.07 Å². The maximum absolute atomic E-state index is 9.69. The smallest absolute Gasteiger partial charge is 0.148 e. The van der Waals surface area contributed by atoms with E-state index in [2.05, 4.69) is 47.1 Å². The Bertz CT molecular complexity index is 689. The minimum absolute atomic E-state index is 0.622. The third kappa shape index (κ3) is 4.46. The van der Waals surface area contributed by atoms with Crippen molar-refractivity contribution in [2.75, 3.05) is 51.1 Å². The molecule has 0 saturated carbocycles. The molecular formula is C19H25N5. The van der Waals surface area contributed by atoms with Gasteiger partial charge in [0.05, 0.1) is 5.69 Å². The number of likely N-dealkylation sites (N-methyl/N-ethyl adjacent to an activating group) is 1. The number of benzene rings is 1. The van der Waals surface area contributed by atoms with Crippen LogP contribution in [0.4, 0.5) is 11.5 Å². The van der Waals surface area contributed by atoms with Crippen LogP contribution in [0, 0.1) is 11.3 Å². The normalized spacial score (nSPS) is 10.5. The number of hydrogen-bond donors (Lipinski definition) is 0. The average molecular weight is 323 g/mol. The van der Waals surface area contributed by atoms with Gasteiger partial charge in [-0.15, -0.1) is 0 Å². The van der Waals surface area contributed by atoms with E-state index in [0.29, 0.717) is 5.56 Å². The van der Waals surface area contributed by atoms with Crippen LogP contribution < -0.4 is 9.80 Å². The summed E-state index contributed by atoms with van der Waals surface area (Å²) in [5.74, 6) is 0.745. The number of hydrogen-bond acceptors (Lipinski definition) is 5. The monoisotopic (exact) mass is 323 g/mol. The summed E-state index contributed by atoms with van der Waals surface area (Å²) in [5, 5.41) is 9.69. The van der Waals surface area contributed by atoms with Crippen LogP contribution >= 0.6 is 0 Å². The number of aromatic nitrogens is 1. The molecule has 24 heavy (non-hydrogen) atoms. The van der Waals surface area contributed by atoms with Crippen molar-refractivity contribution in [1.29, 1.82) is 5.26 Å². The molecule has 1 aromatic carbocycles. The van der Waals surface area contributed by atoms with Crippen LogP contribution in [0.3, 0.4) is 0 Å². The Morgan fingerprint density at radius 2 is 1.71 bits per heavy atom. The third-order valence-electron chi connectivity index (χ3n) is 3.84. The van der Waals surface area contributed by atoms with E-state index in [1.807, 2.05) is 43.3 Å². The van der Waals surface area contributed by atoms with Crippen LogP contribution in [0.2, 0.25) is 0 Å². The second kappa shape index (κ2) is 8.32. The highest BCUT2D eigenvalue weighted by Crippen LogP contribution is 2.27. The van der Waals surface area contributed by atoms with Gasteiger partial charge < -0.3 is 14.7 Å². The summed E-state index contributed by atoms with van der Waals surface area (Å²) in [7, 11) is 7.99. The molecule has 0 aliphatic rings. The summed E-state index contributed by atoms with van der Waals surface area (Å²) < 4.78 is 0. The summed E-state index contributed by atoms with van der Waals surface area (Å²) in [5.41, 5.74) is 2.72. The Labute approximate surface area is 144 Å². The minimum Gasteiger partial charge on any atom is -0.376 e. The number of rotatable bonds is 7. The van der Waals surface area contributed by atoms with Gasteiger partial charge in [-0.1, -0.05) is 30.3 Å². The summed E-state index contributed by atoms with van der Waals surface area (Å²) in [4.78, 5) is 10.8. The first-order chi connectivity index (χ1) is 11.5. The zero-order valence-corrected chi connectivity index (χ0v) is 14.9. The van der Waals surface area contributed by atoms with Gasteiger partial charge in [-0.2, -0.15) is 5.26 Å². The molecule has 0 saturated heterocycles. The van der Waals surface area contributed by atoms with Gasteiger partial charge in [-0.25, -0.2) is 4.98 Å². The van der Waals surface area contributed by atoms with Crippen molar-refractivity contribution in [2.24, 2.45) is 0 Å². The minimum atomic E-state index is 0.622. The molecule has 0 aliphatic heterocycles. The van der Waals surface area contributed by atoms with Crippen molar-refractivity contribution < 1.29 is 0 Å². The molecule has 0 amide bonds. The summed E-state index contributed by atoms with van der Waals surface area (Å²) in [6, 6.07) is 14.5. The van der Waals surface area contributed by atoms with E-state index in [1.165, 1.54) is 5.56 Å². The van der Waals surface area contributed by atoms with Crippen LogP contribution in [0.1, 0.15) is 11.1 Å². The van der Waals surface area contributed by atoms with Crippen LogP contribution in [0.5, 0.6) is 0 Å². The van der Waals surface area contributed by atoms with Gasteiger partial charge in [-0.05, 0) is 25.7 Å². The van der Waals surface area contributed by atoms with E-state index in [9.17, 15) is 5.26 Å². The van der Waals surface area contributed by atoms with E-state index in [0.717, 1.165) is 31.1 Å². The van der Waals surface area contributed by atoms with Crippen molar-refractivity contribution in [1.82, 2.24) is 9.88 Å². The number of nitriles is 1. The Balaban J connectivity index is 2.39. The molecule has 2 aromatic rings. The molecule has 0 aliphatic carbocycles. The van der Waals surface area contributed by atoms with Crippen molar-refractivity contribution in [3.63, 3.8) is 0 Å². The number of anilines is 2. The van der Waals surface area contributed by atoms with Crippen LogP contribution in [0.15, 0.2) is 42.6 Å². The Morgan fingerprint density at radius 3 is 2.29 bits per heavy atom. The van der Waals surface area contributed by atoms with Gasteiger partial charge >= 0.3 is 0 Å². The van der Waals surface area contributed by atoms with Crippen molar-refractivity contribution in [3.05, 3.63) is 53.7 Å². The number of nitrogens with zero attached hydrogens (tertiary/aromatic N) is 5. The first-order valence-electron chi connectivity index (χ1n) is 8.03. The SMILES string of the molecule is CN(C)CCN(Cc1ccccc1)c1nccc(N(C)C)c1C#N. The molecule has 0 unspecified atom stereocenters. The van der Waals surface area contributed by atoms with Crippen LogP contribution in [-0.4, -0.2) is 51.2 Å². The first kappa shape index (κ1) is 17.8. The van der Waals surface area contributed by atoms with Crippen LogP contribution in [0.25, 0.3) is 0 Å². The molecule has 5 heteroatoms. The predicted molar refractivity (Wildman–Crippen MR) is 99.3 cm³/mol. The average Bonchev–Trinajstić information content (AvgIpc) is 2.58. The Kier molecular flexibility index (Phi) is 6.16. The third-order valence-corrected chi connectivity index (χ3v) is 3.84. The molecule has 0 N–H and O–H groups in total. The quantitative estimate of drug-likeness (QED) is 0.784. The fraction of sp³-hybridized carbons (Fsp3) is 0.368. The van der Waals surface area contributed by atoms with Crippen molar-refractivity contribution in [2.45, 2.75) is 6.54 Å². The Hall–Kier alpha value is -2.58. The fourth-order valence-corrected chi connectivity index (χ4v) is 2.54. The number of pyridine rings is 1. The molecule has 5 nitrogen and oxygen atoms in total. The van der Waals surface area contributed by atoms with E-state index in [4.69, 9.17) is 0 Å².